The molecule has 2 saturated heterocycles. The highest BCUT2D eigenvalue weighted by Crippen LogP contribution is 2.31. The molecule has 5 rings (SSSR count). The fourth-order valence-corrected chi connectivity index (χ4v) is 5.96. The summed E-state index contributed by atoms with van der Waals surface area (Å²) >= 11 is 0. The van der Waals surface area contributed by atoms with Gasteiger partial charge >= 0.3 is 6.03 Å². The van der Waals surface area contributed by atoms with Crippen LogP contribution in [-0.4, -0.2) is 76.0 Å². The van der Waals surface area contributed by atoms with E-state index in [1.165, 1.54) is 0 Å². The van der Waals surface area contributed by atoms with Crippen LogP contribution in [0.15, 0.2) is 55.0 Å². The van der Waals surface area contributed by atoms with Crippen molar-refractivity contribution in [2.75, 3.05) is 32.7 Å². The summed E-state index contributed by atoms with van der Waals surface area (Å²) in [4.78, 5) is 33.7. The highest BCUT2D eigenvalue weighted by atomic mass is 19.3. The van der Waals surface area contributed by atoms with Crippen LogP contribution in [0.3, 0.4) is 0 Å². The van der Waals surface area contributed by atoms with Gasteiger partial charge in [-0.2, -0.15) is 0 Å². The molecule has 2 fully saturated rings. The smallest absolute Gasteiger partial charge is 0.315 e. The van der Waals surface area contributed by atoms with E-state index in [0.29, 0.717) is 39.3 Å². The Kier molecular flexibility index (Phi) is 9.49. The van der Waals surface area contributed by atoms with Crippen LogP contribution >= 0.6 is 0 Å². The van der Waals surface area contributed by atoms with Gasteiger partial charge in [-0.15, -0.1) is 0 Å². The molecule has 0 atom stereocenters. The minimum Gasteiger partial charge on any atom is -0.347 e. The van der Waals surface area contributed by atoms with Crippen LogP contribution in [-0.2, 0) is 13.1 Å². The van der Waals surface area contributed by atoms with Crippen molar-refractivity contribution in [3.63, 3.8) is 0 Å². The lowest BCUT2D eigenvalue weighted by atomic mass is 9.98. The van der Waals surface area contributed by atoms with E-state index in [4.69, 9.17) is 0 Å². The Labute approximate surface area is 240 Å². The summed E-state index contributed by atoms with van der Waals surface area (Å²) in [7, 11) is 0. The molecule has 2 aromatic heterocycles. The highest BCUT2D eigenvalue weighted by molar-refractivity contribution is 6.07. The van der Waals surface area contributed by atoms with E-state index < -0.39 is 5.92 Å². The SMILES string of the molecule is O=C(NCCCCCn1cc(C(=O)N2CCC(N3CCC(F)(F)CC3)CC2)c2ccccc21)NCc1cccnc1. The summed E-state index contributed by atoms with van der Waals surface area (Å²) in [5.74, 6) is -2.49. The number of hydrogen-bond acceptors (Lipinski definition) is 4. The summed E-state index contributed by atoms with van der Waals surface area (Å²) in [6.45, 7) is 4.02. The molecular formula is C31H40F2N6O2. The summed E-state index contributed by atoms with van der Waals surface area (Å²) in [5, 5.41) is 6.70. The minimum absolute atomic E-state index is 0.0464. The van der Waals surface area contributed by atoms with E-state index in [-0.39, 0.29) is 30.8 Å². The zero-order chi connectivity index (χ0) is 28.7. The molecule has 2 N–H and O–H groups in total. The van der Waals surface area contributed by atoms with Crippen LogP contribution in [0.2, 0.25) is 0 Å². The number of hydrogen-bond donors (Lipinski definition) is 2. The standard InChI is InChI=1S/C31H40F2N6O2/c32-31(33)12-19-37(20-13-31)25-10-17-38(18-11-25)29(40)27-23-39(28-9-3-2-8-26(27)28)16-5-1-4-15-35-30(41)36-22-24-7-6-14-34-21-24/h2-3,6-9,14,21,23,25H,1,4-5,10-13,15-20,22H2,(H2,35,36,41). The van der Waals surface area contributed by atoms with E-state index >= 15 is 0 Å². The quantitative estimate of drug-likeness (QED) is 0.337. The van der Waals surface area contributed by atoms with Crippen LogP contribution < -0.4 is 10.6 Å². The second-order valence-corrected chi connectivity index (χ2v) is 11.2. The van der Waals surface area contributed by atoms with Gasteiger partial charge in [0, 0.05) is 94.2 Å². The summed E-state index contributed by atoms with van der Waals surface area (Å²) < 4.78 is 29.3. The first-order chi connectivity index (χ1) is 19.9. The molecular weight excluding hydrogens is 526 g/mol. The molecule has 8 nitrogen and oxygen atoms in total. The van der Waals surface area contributed by atoms with E-state index in [0.717, 1.165) is 60.7 Å². The monoisotopic (exact) mass is 566 g/mol. The molecule has 0 unspecified atom stereocenters. The number of halogens is 2. The Morgan fingerprint density at radius 3 is 2.49 bits per heavy atom. The average Bonchev–Trinajstić information content (AvgIpc) is 3.36. The van der Waals surface area contributed by atoms with Gasteiger partial charge in [-0.05, 0) is 49.8 Å². The van der Waals surface area contributed by atoms with Gasteiger partial charge in [0.1, 0.15) is 0 Å². The number of alkyl halides is 2. The number of amides is 3. The number of carbonyl (C=O) groups excluding carboxylic acids is 2. The van der Waals surface area contributed by atoms with E-state index in [1.807, 2.05) is 41.4 Å². The van der Waals surface area contributed by atoms with E-state index in [1.54, 1.807) is 12.4 Å². The first kappa shape index (κ1) is 29.0. The summed E-state index contributed by atoms with van der Waals surface area (Å²) in [6.07, 6.45) is 9.70. The molecule has 2 aliphatic rings. The summed E-state index contributed by atoms with van der Waals surface area (Å²) in [6, 6.07) is 11.9. The lowest BCUT2D eigenvalue weighted by Gasteiger charge is -2.41. The first-order valence-corrected chi connectivity index (χ1v) is 14.8. The number of piperidine rings is 2. The number of fused-ring (bicyclic) bond motifs is 1. The Balaban J connectivity index is 1.07. The lowest BCUT2D eigenvalue weighted by molar-refractivity contribution is -0.0668. The zero-order valence-corrected chi connectivity index (χ0v) is 23.5. The predicted octanol–water partition coefficient (Wildman–Crippen LogP) is 5.04. The molecule has 220 valence electrons. The van der Waals surface area contributed by atoms with Crippen molar-refractivity contribution in [3.8, 4) is 0 Å². The normalized spacial score (nSPS) is 18.0. The van der Waals surface area contributed by atoms with Crippen LogP contribution in [0.5, 0.6) is 0 Å². The van der Waals surface area contributed by atoms with Gasteiger partial charge in [-0.25, -0.2) is 13.6 Å². The third-order valence-electron chi connectivity index (χ3n) is 8.35. The number of benzene rings is 1. The third-order valence-corrected chi connectivity index (χ3v) is 8.35. The van der Waals surface area contributed by atoms with Crippen LogP contribution in [0.1, 0.15) is 60.9 Å². The number of aromatic nitrogens is 2. The largest absolute Gasteiger partial charge is 0.347 e. The number of unbranched alkanes of at least 4 members (excludes halogenated alkanes) is 2. The van der Waals surface area contributed by atoms with Crippen molar-refractivity contribution in [2.45, 2.75) is 70.0 Å². The number of nitrogens with zero attached hydrogens (tertiary/aromatic N) is 4. The first-order valence-electron chi connectivity index (χ1n) is 14.8. The number of pyridine rings is 1. The van der Waals surface area contributed by atoms with Crippen molar-refractivity contribution in [1.82, 2.24) is 30.0 Å². The fourth-order valence-electron chi connectivity index (χ4n) is 5.96. The molecule has 2 aliphatic heterocycles. The van der Waals surface area contributed by atoms with Gasteiger partial charge in [0.05, 0.1) is 5.56 Å². The van der Waals surface area contributed by atoms with Crippen molar-refractivity contribution in [3.05, 3.63) is 66.1 Å². The van der Waals surface area contributed by atoms with Crippen molar-refractivity contribution in [1.29, 1.82) is 0 Å². The minimum atomic E-state index is -2.53. The van der Waals surface area contributed by atoms with Crippen molar-refractivity contribution < 1.29 is 18.4 Å². The number of rotatable bonds is 10. The maximum Gasteiger partial charge on any atom is 0.315 e. The molecule has 4 heterocycles. The lowest BCUT2D eigenvalue weighted by Crippen LogP contribution is -2.50. The highest BCUT2D eigenvalue weighted by Gasteiger charge is 2.37. The number of carbonyl (C=O) groups is 2. The molecule has 3 amide bonds. The van der Waals surface area contributed by atoms with Gasteiger partial charge in [0.15, 0.2) is 0 Å². The number of urea groups is 1. The number of para-hydroxylation sites is 1. The number of nitrogens with one attached hydrogen (secondary N) is 2. The van der Waals surface area contributed by atoms with Gasteiger partial charge in [-0.3, -0.25) is 14.7 Å². The molecule has 1 aromatic carbocycles. The molecule has 3 aromatic rings. The molecule has 0 radical (unpaired) electrons. The van der Waals surface area contributed by atoms with E-state index in [2.05, 4.69) is 31.2 Å². The van der Waals surface area contributed by atoms with Crippen LogP contribution in [0.25, 0.3) is 10.9 Å². The molecule has 41 heavy (non-hydrogen) atoms. The topological polar surface area (TPSA) is 82.5 Å². The fraction of sp³-hybridized carbons (Fsp3) is 0.516. The molecule has 10 heteroatoms. The van der Waals surface area contributed by atoms with Gasteiger partial charge in [-0.1, -0.05) is 24.3 Å². The van der Waals surface area contributed by atoms with Gasteiger partial charge in [0.25, 0.3) is 11.8 Å². The van der Waals surface area contributed by atoms with Gasteiger partial charge < -0.3 is 20.1 Å². The number of likely N-dealkylation sites (tertiary alicyclic amines) is 2. The predicted molar refractivity (Wildman–Crippen MR) is 155 cm³/mol. The maximum atomic E-state index is 13.6. The Morgan fingerprint density at radius 1 is 0.951 bits per heavy atom. The van der Waals surface area contributed by atoms with Crippen LogP contribution in [0.4, 0.5) is 13.6 Å². The Hall–Kier alpha value is -3.53. The summed E-state index contributed by atoms with van der Waals surface area (Å²) in [5.41, 5.74) is 2.73. The Bertz CT molecular complexity index is 1300. The zero-order valence-electron chi connectivity index (χ0n) is 23.5. The second-order valence-electron chi connectivity index (χ2n) is 11.2. The average molecular weight is 567 g/mol. The van der Waals surface area contributed by atoms with Crippen molar-refractivity contribution in [2.24, 2.45) is 0 Å². The number of aryl methyl sites for hydroxylation is 1. The molecule has 0 aliphatic carbocycles. The second kappa shape index (κ2) is 13.4. The van der Waals surface area contributed by atoms with Gasteiger partial charge in [0.2, 0.25) is 0 Å². The van der Waals surface area contributed by atoms with Crippen LogP contribution in [0, 0.1) is 0 Å². The maximum absolute atomic E-state index is 13.6. The van der Waals surface area contributed by atoms with E-state index in [9.17, 15) is 18.4 Å². The molecule has 0 bridgehead atoms. The van der Waals surface area contributed by atoms with Crippen molar-refractivity contribution >= 4 is 22.8 Å². The third kappa shape index (κ3) is 7.61. The molecule has 0 saturated carbocycles. The molecule has 0 spiro atoms. The Morgan fingerprint density at radius 2 is 1.73 bits per heavy atom.